The molecule has 1 heterocycles. The number of nitrogens with zero attached hydrogens (tertiary/aromatic N) is 3. The first-order chi connectivity index (χ1) is 12.0. The van der Waals surface area contributed by atoms with Crippen LogP contribution in [0, 0.1) is 0 Å². The molecule has 0 aliphatic carbocycles. The number of amides is 2. The SMILES string of the molecule is CCN(CCc1ccncc1)C(=O)C(=O)Nc1ccc(N(C)C)cc1. The van der Waals surface area contributed by atoms with Gasteiger partial charge in [-0.25, -0.2) is 0 Å². The monoisotopic (exact) mass is 340 g/mol. The minimum absolute atomic E-state index is 0.483. The van der Waals surface area contributed by atoms with E-state index in [4.69, 9.17) is 0 Å². The van der Waals surface area contributed by atoms with E-state index in [1.165, 1.54) is 0 Å². The second kappa shape index (κ2) is 8.82. The minimum Gasteiger partial charge on any atom is -0.378 e. The highest BCUT2D eigenvalue weighted by Crippen LogP contribution is 2.15. The molecule has 0 fully saturated rings. The number of carbonyl (C=O) groups is 2. The Balaban J connectivity index is 1.93. The number of likely N-dealkylation sites (N-methyl/N-ethyl adjacent to an activating group) is 1. The van der Waals surface area contributed by atoms with Crippen LogP contribution in [0.25, 0.3) is 0 Å². The molecule has 1 N–H and O–H groups in total. The summed E-state index contributed by atoms with van der Waals surface area (Å²) in [5.74, 6) is -1.14. The van der Waals surface area contributed by atoms with Crippen molar-refractivity contribution in [2.75, 3.05) is 37.4 Å². The lowest BCUT2D eigenvalue weighted by Crippen LogP contribution is -2.40. The average molecular weight is 340 g/mol. The van der Waals surface area contributed by atoms with Gasteiger partial charge in [-0.1, -0.05) is 0 Å². The standard InChI is InChI=1S/C19H24N4O2/c1-4-23(14-11-15-9-12-20-13-10-15)19(25)18(24)21-16-5-7-17(8-6-16)22(2)3/h5-10,12-13H,4,11,14H2,1-3H3,(H,21,24). The molecule has 1 aromatic heterocycles. The van der Waals surface area contributed by atoms with Crippen LogP contribution in [-0.2, 0) is 16.0 Å². The number of rotatable bonds is 6. The van der Waals surface area contributed by atoms with E-state index in [0.29, 0.717) is 25.2 Å². The summed E-state index contributed by atoms with van der Waals surface area (Å²) in [5.41, 5.74) is 2.71. The number of carbonyl (C=O) groups excluding carboxylic acids is 2. The number of nitrogens with one attached hydrogen (secondary N) is 1. The molecular weight excluding hydrogens is 316 g/mol. The van der Waals surface area contributed by atoms with Crippen molar-refractivity contribution in [3.8, 4) is 0 Å². The zero-order chi connectivity index (χ0) is 18.2. The number of hydrogen-bond acceptors (Lipinski definition) is 4. The lowest BCUT2D eigenvalue weighted by molar-refractivity contribution is -0.143. The fourth-order valence-corrected chi connectivity index (χ4v) is 2.39. The lowest BCUT2D eigenvalue weighted by atomic mass is 10.2. The molecule has 25 heavy (non-hydrogen) atoms. The van der Waals surface area contributed by atoms with Gasteiger partial charge in [0.25, 0.3) is 0 Å². The number of hydrogen-bond donors (Lipinski definition) is 1. The fourth-order valence-electron chi connectivity index (χ4n) is 2.39. The lowest BCUT2D eigenvalue weighted by Gasteiger charge is -2.20. The number of benzene rings is 1. The number of anilines is 2. The Morgan fingerprint density at radius 2 is 1.68 bits per heavy atom. The van der Waals surface area contributed by atoms with Gasteiger partial charge in [0, 0.05) is 51.0 Å². The summed E-state index contributed by atoms with van der Waals surface area (Å²) in [7, 11) is 3.89. The van der Waals surface area contributed by atoms with Crippen LogP contribution in [0.3, 0.4) is 0 Å². The zero-order valence-electron chi connectivity index (χ0n) is 14.9. The molecule has 0 saturated heterocycles. The zero-order valence-corrected chi connectivity index (χ0v) is 14.9. The predicted molar refractivity (Wildman–Crippen MR) is 99.6 cm³/mol. The van der Waals surface area contributed by atoms with Gasteiger partial charge in [0.15, 0.2) is 0 Å². The van der Waals surface area contributed by atoms with E-state index >= 15 is 0 Å². The fraction of sp³-hybridized carbons (Fsp3) is 0.316. The maximum Gasteiger partial charge on any atom is 0.313 e. The molecule has 6 nitrogen and oxygen atoms in total. The van der Waals surface area contributed by atoms with Gasteiger partial charge in [-0.15, -0.1) is 0 Å². The van der Waals surface area contributed by atoms with Crippen molar-refractivity contribution >= 4 is 23.2 Å². The van der Waals surface area contributed by atoms with E-state index in [1.807, 2.05) is 50.2 Å². The molecule has 0 spiro atoms. The Morgan fingerprint density at radius 3 is 2.24 bits per heavy atom. The molecular formula is C19H24N4O2. The van der Waals surface area contributed by atoms with Gasteiger partial charge in [-0.2, -0.15) is 0 Å². The summed E-state index contributed by atoms with van der Waals surface area (Å²) in [6, 6.07) is 11.2. The molecule has 0 radical (unpaired) electrons. The number of pyridine rings is 1. The average Bonchev–Trinajstić information content (AvgIpc) is 2.63. The van der Waals surface area contributed by atoms with Crippen molar-refractivity contribution in [3.05, 3.63) is 54.4 Å². The summed E-state index contributed by atoms with van der Waals surface area (Å²) < 4.78 is 0. The summed E-state index contributed by atoms with van der Waals surface area (Å²) in [4.78, 5) is 32.1. The number of aromatic nitrogens is 1. The molecule has 0 unspecified atom stereocenters. The van der Waals surface area contributed by atoms with Crippen molar-refractivity contribution < 1.29 is 9.59 Å². The minimum atomic E-state index is -0.616. The van der Waals surface area contributed by atoms with Gasteiger partial charge in [-0.3, -0.25) is 14.6 Å². The topological polar surface area (TPSA) is 65.5 Å². The first kappa shape index (κ1) is 18.4. The van der Waals surface area contributed by atoms with Gasteiger partial charge in [0.2, 0.25) is 0 Å². The molecule has 1 aromatic carbocycles. The largest absolute Gasteiger partial charge is 0.378 e. The van der Waals surface area contributed by atoms with Crippen LogP contribution >= 0.6 is 0 Å². The Labute approximate surface area is 148 Å². The third kappa shape index (κ3) is 5.31. The summed E-state index contributed by atoms with van der Waals surface area (Å²) in [6.07, 6.45) is 4.13. The normalized spacial score (nSPS) is 10.2. The molecule has 6 heteroatoms. The quantitative estimate of drug-likeness (QED) is 0.819. The smallest absolute Gasteiger partial charge is 0.313 e. The first-order valence-corrected chi connectivity index (χ1v) is 8.27. The molecule has 0 bridgehead atoms. The van der Waals surface area contributed by atoms with Crippen LogP contribution in [0.1, 0.15) is 12.5 Å². The van der Waals surface area contributed by atoms with Crippen LogP contribution < -0.4 is 10.2 Å². The van der Waals surface area contributed by atoms with Crippen molar-refractivity contribution in [2.45, 2.75) is 13.3 Å². The molecule has 132 valence electrons. The first-order valence-electron chi connectivity index (χ1n) is 8.27. The van der Waals surface area contributed by atoms with Crippen molar-refractivity contribution in [1.82, 2.24) is 9.88 Å². The van der Waals surface area contributed by atoms with E-state index in [2.05, 4.69) is 10.3 Å². The van der Waals surface area contributed by atoms with Gasteiger partial charge in [-0.05, 0) is 55.3 Å². The van der Waals surface area contributed by atoms with E-state index in [9.17, 15) is 9.59 Å². The molecule has 0 aliphatic rings. The molecule has 2 aromatic rings. The van der Waals surface area contributed by atoms with E-state index in [-0.39, 0.29) is 0 Å². The third-order valence-electron chi connectivity index (χ3n) is 3.92. The third-order valence-corrected chi connectivity index (χ3v) is 3.92. The Morgan fingerprint density at radius 1 is 1.04 bits per heavy atom. The van der Waals surface area contributed by atoms with Crippen molar-refractivity contribution in [1.29, 1.82) is 0 Å². The maximum atomic E-state index is 12.4. The van der Waals surface area contributed by atoms with Crippen LogP contribution in [-0.4, -0.2) is 48.9 Å². The van der Waals surface area contributed by atoms with E-state index in [1.54, 1.807) is 29.4 Å². The second-order valence-electron chi connectivity index (χ2n) is 5.89. The van der Waals surface area contributed by atoms with Crippen LogP contribution in [0.15, 0.2) is 48.8 Å². The predicted octanol–water partition coefficient (Wildman–Crippen LogP) is 2.18. The molecule has 0 aliphatic heterocycles. The molecule has 0 saturated carbocycles. The molecule has 2 rings (SSSR count). The maximum absolute atomic E-state index is 12.4. The highest BCUT2D eigenvalue weighted by Gasteiger charge is 2.20. The van der Waals surface area contributed by atoms with Gasteiger partial charge >= 0.3 is 11.8 Å². The summed E-state index contributed by atoms with van der Waals surface area (Å²) in [5, 5.41) is 2.66. The highest BCUT2D eigenvalue weighted by atomic mass is 16.2. The molecule has 2 amide bonds. The van der Waals surface area contributed by atoms with Crippen LogP contribution in [0.5, 0.6) is 0 Å². The van der Waals surface area contributed by atoms with E-state index < -0.39 is 11.8 Å². The highest BCUT2D eigenvalue weighted by molar-refractivity contribution is 6.39. The van der Waals surface area contributed by atoms with Crippen LogP contribution in [0.4, 0.5) is 11.4 Å². The summed E-state index contributed by atoms with van der Waals surface area (Å²) >= 11 is 0. The van der Waals surface area contributed by atoms with Gasteiger partial charge in [0.05, 0.1) is 0 Å². The second-order valence-corrected chi connectivity index (χ2v) is 5.89. The van der Waals surface area contributed by atoms with Crippen LogP contribution in [0.2, 0.25) is 0 Å². The molecule has 0 atom stereocenters. The van der Waals surface area contributed by atoms with Crippen molar-refractivity contribution in [2.24, 2.45) is 0 Å². The van der Waals surface area contributed by atoms with Gasteiger partial charge < -0.3 is 15.1 Å². The summed E-state index contributed by atoms with van der Waals surface area (Å²) in [6.45, 7) is 2.84. The Hall–Kier alpha value is -2.89. The Bertz CT molecular complexity index is 699. The van der Waals surface area contributed by atoms with Gasteiger partial charge in [0.1, 0.15) is 0 Å². The van der Waals surface area contributed by atoms with Crippen molar-refractivity contribution in [3.63, 3.8) is 0 Å². The van der Waals surface area contributed by atoms with E-state index in [0.717, 1.165) is 11.3 Å². The Kier molecular flexibility index (Phi) is 6.51.